The van der Waals surface area contributed by atoms with Crippen molar-refractivity contribution in [3.05, 3.63) is 24.3 Å². The van der Waals surface area contributed by atoms with Crippen molar-refractivity contribution >= 4 is 17.6 Å². The van der Waals surface area contributed by atoms with Gasteiger partial charge in [-0.05, 0) is 37.1 Å². The summed E-state index contributed by atoms with van der Waals surface area (Å²) in [6.45, 7) is 0.822. The number of rotatable bonds is 3. The monoisotopic (exact) mass is 262 g/mol. The standard InChI is InChI=1S/C13H18N4O2/c1-19-10-6-4-9(5-7-10)17-8-2-3-11(17)12(18)16-13(14)15/h4-7,11H,2-3,8H2,1H3,(H4,14,15,16,18). The molecule has 0 radical (unpaired) electrons. The molecule has 1 amide bonds. The molecule has 1 heterocycles. The van der Waals surface area contributed by atoms with Gasteiger partial charge in [-0.1, -0.05) is 0 Å². The molecule has 0 bridgehead atoms. The van der Waals surface area contributed by atoms with Gasteiger partial charge in [0.25, 0.3) is 5.91 Å². The minimum absolute atomic E-state index is 0.188. The Bertz CT molecular complexity index is 480. The lowest BCUT2D eigenvalue weighted by atomic mass is 10.2. The second-order valence-electron chi connectivity index (χ2n) is 4.42. The van der Waals surface area contributed by atoms with Gasteiger partial charge < -0.3 is 21.1 Å². The summed E-state index contributed by atoms with van der Waals surface area (Å²) >= 11 is 0. The molecule has 1 fully saturated rings. The fourth-order valence-electron chi connectivity index (χ4n) is 2.31. The third kappa shape index (κ3) is 2.96. The highest BCUT2D eigenvalue weighted by molar-refractivity contribution is 5.96. The van der Waals surface area contributed by atoms with Crippen LogP contribution in [-0.2, 0) is 4.79 Å². The highest BCUT2D eigenvalue weighted by Crippen LogP contribution is 2.27. The predicted octanol–water partition coefficient (Wildman–Crippen LogP) is 0.464. The summed E-state index contributed by atoms with van der Waals surface area (Å²) in [5.41, 5.74) is 11.5. The van der Waals surface area contributed by atoms with Crippen LogP contribution < -0.4 is 21.1 Å². The quantitative estimate of drug-likeness (QED) is 0.610. The number of carbonyl (C=O) groups excluding carboxylic acids is 1. The molecule has 6 nitrogen and oxygen atoms in total. The second-order valence-corrected chi connectivity index (χ2v) is 4.42. The van der Waals surface area contributed by atoms with E-state index in [4.69, 9.17) is 16.2 Å². The average molecular weight is 262 g/mol. The number of nitrogens with two attached hydrogens (primary N) is 2. The lowest BCUT2D eigenvalue weighted by molar-refractivity contribution is -0.118. The van der Waals surface area contributed by atoms with E-state index < -0.39 is 0 Å². The molecular weight excluding hydrogens is 244 g/mol. The predicted molar refractivity (Wildman–Crippen MR) is 74.2 cm³/mol. The number of hydrogen-bond donors (Lipinski definition) is 2. The van der Waals surface area contributed by atoms with E-state index in [1.165, 1.54) is 0 Å². The Morgan fingerprint density at radius 1 is 1.37 bits per heavy atom. The van der Waals surface area contributed by atoms with Gasteiger partial charge in [0.1, 0.15) is 11.8 Å². The molecule has 1 aromatic carbocycles. The number of benzene rings is 1. The number of carbonyl (C=O) groups is 1. The summed E-state index contributed by atoms with van der Waals surface area (Å²) in [4.78, 5) is 17.6. The Morgan fingerprint density at radius 2 is 2.05 bits per heavy atom. The molecule has 1 atom stereocenters. The van der Waals surface area contributed by atoms with Crippen LogP contribution in [-0.4, -0.2) is 31.6 Å². The second kappa shape index (κ2) is 5.60. The minimum Gasteiger partial charge on any atom is -0.497 e. The fourth-order valence-corrected chi connectivity index (χ4v) is 2.31. The minimum atomic E-state index is -0.284. The Kier molecular flexibility index (Phi) is 3.89. The molecule has 19 heavy (non-hydrogen) atoms. The average Bonchev–Trinajstić information content (AvgIpc) is 2.87. The summed E-state index contributed by atoms with van der Waals surface area (Å²) in [5, 5.41) is 0. The van der Waals surface area contributed by atoms with E-state index in [0.29, 0.717) is 0 Å². The van der Waals surface area contributed by atoms with Crippen LogP contribution in [0.2, 0.25) is 0 Å². The number of ether oxygens (including phenoxy) is 1. The fraction of sp³-hybridized carbons (Fsp3) is 0.385. The molecule has 2 rings (SSSR count). The largest absolute Gasteiger partial charge is 0.497 e. The molecule has 1 unspecified atom stereocenters. The molecule has 0 spiro atoms. The molecule has 1 aromatic rings. The van der Waals surface area contributed by atoms with Crippen LogP contribution in [0.15, 0.2) is 29.3 Å². The molecule has 6 heteroatoms. The van der Waals surface area contributed by atoms with Crippen LogP contribution in [0, 0.1) is 0 Å². The first-order valence-electron chi connectivity index (χ1n) is 6.16. The van der Waals surface area contributed by atoms with Gasteiger partial charge in [0, 0.05) is 12.2 Å². The number of methoxy groups -OCH3 is 1. The number of aliphatic imine (C=N–C) groups is 1. The van der Waals surface area contributed by atoms with Crippen LogP contribution in [0.3, 0.4) is 0 Å². The summed E-state index contributed by atoms with van der Waals surface area (Å²) in [6.07, 6.45) is 1.71. The lowest BCUT2D eigenvalue weighted by Crippen LogP contribution is -2.37. The van der Waals surface area contributed by atoms with Crippen molar-refractivity contribution in [2.75, 3.05) is 18.6 Å². The number of anilines is 1. The first kappa shape index (κ1) is 13.2. The Labute approximate surface area is 112 Å². The van der Waals surface area contributed by atoms with Gasteiger partial charge in [0.05, 0.1) is 7.11 Å². The SMILES string of the molecule is COc1ccc(N2CCCC2C(=O)N=C(N)N)cc1. The summed E-state index contributed by atoms with van der Waals surface area (Å²) in [5.74, 6) is 0.315. The van der Waals surface area contributed by atoms with Crippen molar-refractivity contribution in [2.45, 2.75) is 18.9 Å². The van der Waals surface area contributed by atoms with Crippen molar-refractivity contribution in [2.24, 2.45) is 16.5 Å². The Balaban J connectivity index is 2.18. The van der Waals surface area contributed by atoms with Gasteiger partial charge in [0.15, 0.2) is 5.96 Å². The number of nitrogens with zero attached hydrogens (tertiary/aromatic N) is 2. The molecule has 0 saturated carbocycles. The third-order valence-corrected chi connectivity index (χ3v) is 3.18. The first-order valence-corrected chi connectivity index (χ1v) is 6.16. The van der Waals surface area contributed by atoms with Gasteiger partial charge in [-0.3, -0.25) is 4.79 Å². The van der Waals surface area contributed by atoms with E-state index >= 15 is 0 Å². The highest BCUT2D eigenvalue weighted by Gasteiger charge is 2.30. The molecule has 1 aliphatic heterocycles. The molecule has 0 aliphatic carbocycles. The maximum Gasteiger partial charge on any atom is 0.271 e. The summed E-state index contributed by atoms with van der Waals surface area (Å²) < 4.78 is 5.12. The number of hydrogen-bond acceptors (Lipinski definition) is 3. The van der Waals surface area contributed by atoms with E-state index in [9.17, 15) is 4.79 Å². The van der Waals surface area contributed by atoms with Gasteiger partial charge in [0.2, 0.25) is 0 Å². The van der Waals surface area contributed by atoms with Crippen LogP contribution in [0.1, 0.15) is 12.8 Å². The molecular formula is C13H18N4O2. The topological polar surface area (TPSA) is 93.9 Å². The van der Waals surface area contributed by atoms with Gasteiger partial charge in [-0.25, -0.2) is 0 Å². The molecule has 4 N–H and O–H groups in total. The maximum absolute atomic E-state index is 11.9. The molecule has 1 aliphatic rings. The van der Waals surface area contributed by atoms with Gasteiger partial charge in [-0.15, -0.1) is 0 Å². The van der Waals surface area contributed by atoms with E-state index in [1.807, 2.05) is 29.2 Å². The highest BCUT2D eigenvalue weighted by atomic mass is 16.5. The summed E-state index contributed by atoms with van der Waals surface area (Å²) in [6, 6.07) is 7.32. The van der Waals surface area contributed by atoms with Crippen LogP contribution in [0.25, 0.3) is 0 Å². The van der Waals surface area contributed by atoms with Crippen LogP contribution >= 0.6 is 0 Å². The van der Waals surface area contributed by atoms with E-state index in [-0.39, 0.29) is 17.9 Å². The lowest BCUT2D eigenvalue weighted by Gasteiger charge is -2.24. The third-order valence-electron chi connectivity index (χ3n) is 3.18. The van der Waals surface area contributed by atoms with Crippen LogP contribution in [0.4, 0.5) is 5.69 Å². The van der Waals surface area contributed by atoms with Crippen molar-refractivity contribution in [1.82, 2.24) is 0 Å². The van der Waals surface area contributed by atoms with Crippen LogP contribution in [0.5, 0.6) is 5.75 Å². The molecule has 102 valence electrons. The Morgan fingerprint density at radius 3 is 2.63 bits per heavy atom. The number of guanidine groups is 1. The summed E-state index contributed by atoms with van der Waals surface area (Å²) in [7, 11) is 1.62. The van der Waals surface area contributed by atoms with Gasteiger partial charge in [-0.2, -0.15) is 4.99 Å². The zero-order valence-corrected chi connectivity index (χ0v) is 10.9. The van der Waals surface area contributed by atoms with Crippen molar-refractivity contribution in [1.29, 1.82) is 0 Å². The smallest absolute Gasteiger partial charge is 0.271 e. The Hall–Kier alpha value is -2.24. The van der Waals surface area contributed by atoms with Crippen molar-refractivity contribution < 1.29 is 9.53 Å². The van der Waals surface area contributed by atoms with E-state index in [2.05, 4.69) is 4.99 Å². The zero-order chi connectivity index (χ0) is 13.8. The molecule has 0 aromatic heterocycles. The van der Waals surface area contributed by atoms with Gasteiger partial charge >= 0.3 is 0 Å². The normalized spacial score (nSPS) is 18.2. The first-order chi connectivity index (χ1) is 9.11. The van der Waals surface area contributed by atoms with Crippen molar-refractivity contribution in [3.8, 4) is 5.75 Å². The zero-order valence-electron chi connectivity index (χ0n) is 10.9. The van der Waals surface area contributed by atoms with E-state index in [0.717, 1.165) is 30.8 Å². The van der Waals surface area contributed by atoms with Crippen molar-refractivity contribution in [3.63, 3.8) is 0 Å². The molecule has 1 saturated heterocycles. The maximum atomic E-state index is 11.9. The number of amides is 1. The van der Waals surface area contributed by atoms with E-state index in [1.54, 1.807) is 7.11 Å².